The van der Waals surface area contributed by atoms with Crippen molar-refractivity contribution >= 4 is 5.97 Å². The lowest BCUT2D eigenvalue weighted by Gasteiger charge is -2.51. The normalized spacial score (nSPS) is 36.9. The van der Waals surface area contributed by atoms with Crippen molar-refractivity contribution < 1.29 is 14.0 Å². The van der Waals surface area contributed by atoms with Gasteiger partial charge in [-0.2, -0.15) is 0 Å². The average Bonchev–Trinajstić information content (AvgIpc) is 2.88. The molecular weight excluding hydrogens is 358 g/mol. The molecule has 0 aromatic heterocycles. The Labute approximate surface area is 177 Å². The fraction of sp³-hybridized carbons (Fsp3) is 0.731. The van der Waals surface area contributed by atoms with Crippen molar-refractivity contribution in [3.63, 3.8) is 0 Å². The van der Waals surface area contributed by atoms with Gasteiger partial charge in [0.1, 0.15) is 6.04 Å². The van der Waals surface area contributed by atoms with Crippen LogP contribution >= 0.6 is 0 Å². The van der Waals surface area contributed by atoms with E-state index in [4.69, 9.17) is 4.74 Å². The molecule has 1 aromatic rings. The van der Waals surface area contributed by atoms with Gasteiger partial charge in [-0.25, -0.2) is 0 Å². The monoisotopic (exact) mass is 398 g/mol. The summed E-state index contributed by atoms with van der Waals surface area (Å²) in [6, 6.07) is 12.5. The number of carbonyl (C=O) groups excluding carboxylic acids is 1. The van der Waals surface area contributed by atoms with E-state index < -0.39 is 0 Å². The Balaban J connectivity index is 1.52. The number of esters is 1. The number of hydrogen-bond donors (Lipinski definition) is 0. The molecule has 3 fully saturated rings. The molecule has 3 nitrogen and oxygen atoms in total. The highest BCUT2D eigenvalue weighted by atomic mass is 16.5. The van der Waals surface area contributed by atoms with Gasteiger partial charge < -0.3 is 9.22 Å². The lowest BCUT2D eigenvalue weighted by Crippen LogP contribution is -2.64. The van der Waals surface area contributed by atoms with Gasteiger partial charge in [0.2, 0.25) is 0 Å². The summed E-state index contributed by atoms with van der Waals surface area (Å²) in [7, 11) is 0. The topological polar surface area (TPSA) is 26.3 Å². The fourth-order valence-electron chi connectivity index (χ4n) is 7.22. The van der Waals surface area contributed by atoms with Crippen LogP contribution in [0.1, 0.15) is 90.0 Å². The molecule has 2 saturated heterocycles. The summed E-state index contributed by atoms with van der Waals surface area (Å²) in [6.07, 6.45) is 10.7. The van der Waals surface area contributed by atoms with Crippen molar-refractivity contribution in [2.75, 3.05) is 6.54 Å². The summed E-state index contributed by atoms with van der Waals surface area (Å²) in [5.41, 5.74) is 1.32. The van der Waals surface area contributed by atoms with E-state index in [1.807, 2.05) is 0 Å². The Kier molecular flexibility index (Phi) is 6.34. The van der Waals surface area contributed by atoms with E-state index in [0.29, 0.717) is 24.0 Å². The largest absolute Gasteiger partial charge is 0.456 e. The Morgan fingerprint density at radius 3 is 2.55 bits per heavy atom. The number of piperidine rings is 1. The van der Waals surface area contributed by atoms with Gasteiger partial charge in [0, 0.05) is 12.8 Å². The standard InChI is InChI=1S/C26H40NO2/c1-4-17-27(19(2)3)21-13-10-16-24(27)25(18-21)29-26(28)23-15-9-8-14-22(23)20-11-6-5-7-12-20/h5-7,11-12,19,21-25H,4,8-10,13-18H2,1-3H3/q+1/t21-,22?,23?,24+,25+,27-/m0/s1. The highest BCUT2D eigenvalue weighted by Gasteiger charge is 2.59. The van der Waals surface area contributed by atoms with Crippen LogP contribution in [0.3, 0.4) is 0 Å². The van der Waals surface area contributed by atoms with Crippen molar-refractivity contribution in [2.45, 2.75) is 109 Å². The molecule has 1 aliphatic carbocycles. The average molecular weight is 399 g/mol. The minimum atomic E-state index is 0.0405. The van der Waals surface area contributed by atoms with Crippen LogP contribution in [0.4, 0.5) is 0 Å². The summed E-state index contributed by atoms with van der Waals surface area (Å²) in [5.74, 6) is 0.464. The lowest BCUT2D eigenvalue weighted by atomic mass is 9.75. The lowest BCUT2D eigenvalue weighted by molar-refractivity contribution is -0.985. The SMILES string of the molecule is CCC[N@+]1(C(C)C)[C@H]2CCC[C@@H]1[C@H](OC(=O)C1CCCCC1c1ccccc1)C2. The smallest absolute Gasteiger partial charge is 0.310 e. The van der Waals surface area contributed by atoms with Crippen LogP contribution in [0.5, 0.6) is 0 Å². The molecule has 4 rings (SSSR count). The van der Waals surface area contributed by atoms with E-state index >= 15 is 0 Å². The Bertz CT molecular complexity index is 687. The minimum Gasteiger partial charge on any atom is -0.456 e. The summed E-state index contributed by atoms with van der Waals surface area (Å²) in [4.78, 5) is 13.4. The summed E-state index contributed by atoms with van der Waals surface area (Å²) < 4.78 is 7.61. The number of quaternary nitrogens is 1. The van der Waals surface area contributed by atoms with Crippen LogP contribution in [-0.4, -0.2) is 41.2 Å². The van der Waals surface area contributed by atoms with E-state index in [-0.39, 0.29) is 18.0 Å². The third kappa shape index (κ3) is 3.76. The maximum atomic E-state index is 13.4. The third-order valence-corrected chi connectivity index (χ3v) is 8.40. The molecule has 3 aliphatic rings. The van der Waals surface area contributed by atoms with Gasteiger partial charge in [0.25, 0.3) is 0 Å². The molecular formula is C26H40NO2+. The van der Waals surface area contributed by atoms with Gasteiger partial charge in [0.15, 0.2) is 6.10 Å². The quantitative estimate of drug-likeness (QED) is 0.445. The maximum Gasteiger partial charge on any atom is 0.310 e. The van der Waals surface area contributed by atoms with Crippen LogP contribution in [0.15, 0.2) is 30.3 Å². The molecule has 0 N–H and O–H groups in total. The highest BCUT2D eigenvalue weighted by molar-refractivity contribution is 5.74. The molecule has 6 atom stereocenters. The molecule has 2 heterocycles. The molecule has 160 valence electrons. The van der Waals surface area contributed by atoms with Crippen molar-refractivity contribution in [3.8, 4) is 0 Å². The molecule has 3 heteroatoms. The molecule has 2 unspecified atom stereocenters. The molecule has 1 aromatic carbocycles. The number of hydrogen-bond acceptors (Lipinski definition) is 2. The van der Waals surface area contributed by atoms with Gasteiger partial charge in [-0.05, 0) is 57.4 Å². The van der Waals surface area contributed by atoms with Crippen LogP contribution in [-0.2, 0) is 9.53 Å². The predicted molar refractivity (Wildman–Crippen MR) is 118 cm³/mol. The Morgan fingerprint density at radius 1 is 1.07 bits per heavy atom. The van der Waals surface area contributed by atoms with Crippen LogP contribution in [0.25, 0.3) is 0 Å². The molecule has 2 bridgehead atoms. The molecule has 29 heavy (non-hydrogen) atoms. The number of ether oxygens (including phenoxy) is 1. The van der Waals surface area contributed by atoms with Crippen molar-refractivity contribution in [1.29, 1.82) is 0 Å². The molecule has 0 radical (unpaired) electrons. The third-order valence-electron chi connectivity index (χ3n) is 8.40. The second-order valence-electron chi connectivity index (χ2n) is 10.1. The first-order valence-corrected chi connectivity index (χ1v) is 12.2. The highest BCUT2D eigenvalue weighted by Crippen LogP contribution is 2.47. The predicted octanol–water partition coefficient (Wildman–Crippen LogP) is 5.83. The van der Waals surface area contributed by atoms with E-state index in [0.717, 1.165) is 25.7 Å². The first-order chi connectivity index (χ1) is 14.1. The van der Waals surface area contributed by atoms with E-state index in [9.17, 15) is 4.79 Å². The van der Waals surface area contributed by atoms with Crippen molar-refractivity contribution in [2.24, 2.45) is 5.92 Å². The fourth-order valence-corrected chi connectivity index (χ4v) is 7.22. The molecule has 0 spiro atoms. The van der Waals surface area contributed by atoms with Crippen molar-refractivity contribution in [1.82, 2.24) is 0 Å². The van der Waals surface area contributed by atoms with E-state index in [2.05, 4.69) is 51.1 Å². The van der Waals surface area contributed by atoms with Gasteiger partial charge in [-0.3, -0.25) is 4.79 Å². The Hall–Kier alpha value is -1.35. The zero-order valence-electron chi connectivity index (χ0n) is 18.7. The molecule has 2 aliphatic heterocycles. The number of nitrogens with zero attached hydrogens (tertiary/aromatic N) is 1. The zero-order valence-corrected chi connectivity index (χ0v) is 18.7. The van der Waals surface area contributed by atoms with Gasteiger partial charge in [-0.15, -0.1) is 0 Å². The van der Waals surface area contributed by atoms with E-state index in [1.165, 1.54) is 48.7 Å². The summed E-state index contributed by atoms with van der Waals surface area (Å²) in [6.45, 7) is 8.32. The van der Waals surface area contributed by atoms with Crippen molar-refractivity contribution in [3.05, 3.63) is 35.9 Å². The van der Waals surface area contributed by atoms with Crippen LogP contribution in [0.2, 0.25) is 0 Å². The summed E-state index contributed by atoms with van der Waals surface area (Å²) in [5, 5.41) is 0. The second-order valence-corrected chi connectivity index (χ2v) is 10.1. The van der Waals surface area contributed by atoms with E-state index in [1.54, 1.807) is 0 Å². The number of benzene rings is 1. The molecule has 1 saturated carbocycles. The van der Waals surface area contributed by atoms with Gasteiger partial charge >= 0.3 is 5.97 Å². The van der Waals surface area contributed by atoms with Crippen LogP contribution < -0.4 is 0 Å². The minimum absolute atomic E-state index is 0.0405. The number of fused-ring (bicyclic) bond motifs is 2. The zero-order chi connectivity index (χ0) is 20.4. The maximum absolute atomic E-state index is 13.4. The van der Waals surface area contributed by atoms with Gasteiger partial charge in [0.05, 0.1) is 24.5 Å². The first-order valence-electron chi connectivity index (χ1n) is 12.2. The van der Waals surface area contributed by atoms with Gasteiger partial charge in [-0.1, -0.05) is 50.1 Å². The Morgan fingerprint density at radius 2 is 1.83 bits per heavy atom. The molecule has 0 amide bonds. The summed E-state index contributed by atoms with van der Waals surface area (Å²) >= 11 is 0. The first kappa shape index (κ1) is 20.9. The van der Waals surface area contributed by atoms with Crippen LogP contribution in [0, 0.1) is 5.92 Å². The number of rotatable bonds is 6. The number of carbonyl (C=O) groups is 1. The second kappa shape index (κ2) is 8.79.